The van der Waals surface area contributed by atoms with Crippen molar-refractivity contribution in [3.05, 3.63) is 59.6 Å². The first-order valence-electron chi connectivity index (χ1n) is 9.32. The third-order valence-electron chi connectivity index (χ3n) is 5.53. The van der Waals surface area contributed by atoms with Gasteiger partial charge in [0.25, 0.3) is 0 Å². The van der Waals surface area contributed by atoms with E-state index in [1.807, 2.05) is 18.2 Å². The maximum atomic E-state index is 6.28. The van der Waals surface area contributed by atoms with E-state index in [0.717, 1.165) is 17.9 Å². The van der Waals surface area contributed by atoms with Gasteiger partial charge in [-0.3, -0.25) is 4.90 Å². The second-order valence-electron chi connectivity index (χ2n) is 7.15. The summed E-state index contributed by atoms with van der Waals surface area (Å²) in [6.45, 7) is 3.17. The number of methoxy groups -OCH3 is 3. The molecule has 0 radical (unpaired) electrons. The van der Waals surface area contributed by atoms with E-state index in [-0.39, 0.29) is 5.54 Å². The smallest absolute Gasteiger partial charge is 0.121 e. The second-order valence-corrected chi connectivity index (χ2v) is 7.15. The molecule has 150 valence electrons. The Morgan fingerprint density at radius 1 is 1.07 bits per heavy atom. The highest BCUT2D eigenvalue weighted by Gasteiger charge is 2.37. The molecule has 0 saturated heterocycles. The summed E-state index contributed by atoms with van der Waals surface area (Å²) in [5, 5.41) is 0. The van der Waals surface area contributed by atoms with Crippen LogP contribution in [0.1, 0.15) is 25.3 Å². The highest BCUT2D eigenvalue weighted by Crippen LogP contribution is 2.34. The third kappa shape index (κ3) is 4.72. The van der Waals surface area contributed by atoms with Crippen molar-refractivity contribution in [2.45, 2.75) is 30.9 Å². The van der Waals surface area contributed by atoms with Crippen molar-refractivity contribution in [3.8, 4) is 0 Å². The van der Waals surface area contributed by atoms with E-state index in [4.69, 9.17) is 18.9 Å². The first-order chi connectivity index (χ1) is 12.9. The molecule has 0 N–H and O–H groups in total. The van der Waals surface area contributed by atoms with Gasteiger partial charge >= 0.3 is 0 Å². The molecule has 2 atom stereocenters. The van der Waals surface area contributed by atoms with Gasteiger partial charge in [0.1, 0.15) is 17.1 Å². The zero-order chi connectivity index (χ0) is 19.9. The minimum Gasteiger partial charge on any atom is -0.501 e. The summed E-state index contributed by atoms with van der Waals surface area (Å²) in [7, 11) is 9.20. The summed E-state index contributed by atoms with van der Waals surface area (Å²) in [5.74, 6) is 1.54. The Morgan fingerprint density at radius 2 is 1.78 bits per heavy atom. The van der Waals surface area contributed by atoms with Gasteiger partial charge in [-0.05, 0) is 32.2 Å². The summed E-state index contributed by atoms with van der Waals surface area (Å²) in [4.78, 5) is 2.24. The zero-order valence-corrected chi connectivity index (χ0v) is 17.5. The van der Waals surface area contributed by atoms with E-state index in [2.05, 4.69) is 50.2 Å². The average Bonchev–Trinajstić information content (AvgIpc) is 2.71. The molecule has 0 spiro atoms. The predicted molar refractivity (Wildman–Crippen MR) is 107 cm³/mol. The standard InChI is InChI=1S/C22H33NO4/c1-7-22(23(2)3,18-11-9-8-10-12-18)17-27-16-21(26-6)14-19(24-4)13-20(15-21)25-5/h8-14H,7,15-17H2,1-6H3. The molecule has 27 heavy (non-hydrogen) atoms. The van der Waals surface area contributed by atoms with Crippen molar-refractivity contribution in [2.75, 3.05) is 48.6 Å². The quantitative estimate of drug-likeness (QED) is 0.623. The van der Waals surface area contributed by atoms with Crippen LogP contribution in [0.2, 0.25) is 0 Å². The van der Waals surface area contributed by atoms with Gasteiger partial charge in [-0.2, -0.15) is 0 Å². The van der Waals surface area contributed by atoms with E-state index in [1.165, 1.54) is 5.56 Å². The molecule has 0 aliphatic heterocycles. The fraction of sp³-hybridized carbons (Fsp3) is 0.545. The van der Waals surface area contributed by atoms with Gasteiger partial charge in [-0.1, -0.05) is 37.3 Å². The molecule has 0 bridgehead atoms. The maximum absolute atomic E-state index is 6.28. The molecule has 1 aliphatic carbocycles. The Kier molecular flexibility index (Phi) is 7.48. The van der Waals surface area contributed by atoms with Crippen molar-refractivity contribution in [1.29, 1.82) is 0 Å². The lowest BCUT2D eigenvalue weighted by atomic mass is 9.86. The fourth-order valence-corrected chi connectivity index (χ4v) is 3.62. The molecular weight excluding hydrogens is 342 g/mol. The van der Waals surface area contributed by atoms with Crippen molar-refractivity contribution in [1.82, 2.24) is 4.90 Å². The van der Waals surface area contributed by atoms with Gasteiger partial charge < -0.3 is 18.9 Å². The van der Waals surface area contributed by atoms with E-state index in [1.54, 1.807) is 21.3 Å². The molecule has 2 unspecified atom stereocenters. The lowest BCUT2D eigenvalue weighted by molar-refractivity contribution is -0.0775. The normalized spacial score (nSPS) is 22.0. The van der Waals surface area contributed by atoms with Crippen LogP contribution in [0.25, 0.3) is 0 Å². The van der Waals surface area contributed by atoms with Crippen LogP contribution in [0.15, 0.2) is 54.0 Å². The maximum Gasteiger partial charge on any atom is 0.121 e. The number of ether oxygens (including phenoxy) is 4. The van der Waals surface area contributed by atoms with Crippen LogP contribution in [-0.2, 0) is 24.5 Å². The van der Waals surface area contributed by atoms with E-state index in [0.29, 0.717) is 19.6 Å². The molecule has 2 rings (SSSR count). The van der Waals surface area contributed by atoms with Gasteiger partial charge in [-0.25, -0.2) is 0 Å². The number of rotatable bonds is 10. The minimum atomic E-state index is -0.603. The van der Waals surface area contributed by atoms with Crippen LogP contribution < -0.4 is 0 Å². The van der Waals surface area contributed by atoms with Gasteiger partial charge in [0, 0.05) is 19.6 Å². The van der Waals surface area contributed by atoms with E-state index < -0.39 is 5.60 Å². The molecule has 5 heteroatoms. The highest BCUT2D eigenvalue weighted by atomic mass is 16.5. The average molecular weight is 376 g/mol. The summed E-state index contributed by atoms with van der Waals surface area (Å²) in [6.07, 6.45) is 5.41. The van der Waals surface area contributed by atoms with Crippen molar-refractivity contribution >= 4 is 0 Å². The topological polar surface area (TPSA) is 40.2 Å². The Morgan fingerprint density at radius 3 is 2.30 bits per heavy atom. The predicted octanol–water partition coefficient (Wildman–Crippen LogP) is 3.72. The molecule has 0 saturated carbocycles. The largest absolute Gasteiger partial charge is 0.501 e. The van der Waals surface area contributed by atoms with Crippen LogP contribution in [0.4, 0.5) is 0 Å². The highest BCUT2D eigenvalue weighted by molar-refractivity contribution is 5.28. The lowest BCUT2D eigenvalue weighted by Gasteiger charge is -2.41. The van der Waals surface area contributed by atoms with Crippen molar-refractivity contribution < 1.29 is 18.9 Å². The Balaban J connectivity index is 2.18. The van der Waals surface area contributed by atoms with Crippen molar-refractivity contribution in [2.24, 2.45) is 0 Å². The summed E-state index contributed by atoms with van der Waals surface area (Å²) >= 11 is 0. The van der Waals surface area contributed by atoms with Gasteiger partial charge in [0.05, 0.1) is 33.0 Å². The summed E-state index contributed by atoms with van der Waals surface area (Å²) in [5.41, 5.74) is 0.449. The Bertz CT molecular complexity index is 656. The van der Waals surface area contributed by atoms with Crippen molar-refractivity contribution in [3.63, 3.8) is 0 Å². The molecule has 5 nitrogen and oxygen atoms in total. The minimum absolute atomic E-state index is 0.196. The SMILES string of the molecule is CCC(COCC1(OC)C=C(OC)C=C(OC)C1)(c1ccccc1)N(C)C. The monoisotopic (exact) mass is 375 g/mol. The second kappa shape index (κ2) is 9.40. The van der Waals surface area contributed by atoms with Gasteiger partial charge in [-0.15, -0.1) is 0 Å². The zero-order valence-electron chi connectivity index (χ0n) is 17.5. The number of hydrogen-bond donors (Lipinski definition) is 0. The molecule has 0 aromatic heterocycles. The molecular formula is C22H33NO4. The number of allylic oxidation sites excluding steroid dienone is 1. The molecule has 1 aromatic carbocycles. The summed E-state index contributed by atoms with van der Waals surface area (Å²) < 4.78 is 23.0. The number of benzene rings is 1. The Hall–Kier alpha value is -1.82. The van der Waals surface area contributed by atoms with E-state index in [9.17, 15) is 0 Å². The summed E-state index contributed by atoms with van der Waals surface area (Å²) in [6, 6.07) is 10.5. The van der Waals surface area contributed by atoms with Crippen LogP contribution in [0, 0.1) is 0 Å². The van der Waals surface area contributed by atoms with Gasteiger partial charge in [0.15, 0.2) is 0 Å². The van der Waals surface area contributed by atoms with Crippen LogP contribution in [-0.4, -0.2) is 59.1 Å². The molecule has 0 amide bonds. The van der Waals surface area contributed by atoms with Crippen LogP contribution >= 0.6 is 0 Å². The number of nitrogens with zero attached hydrogens (tertiary/aromatic N) is 1. The third-order valence-corrected chi connectivity index (χ3v) is 5.53. The number of hydrogen-bond acceptors (Lipinski definition) is 5. The molecule has 1 aromatic rings. The molecule has 0 heterocycles. The van der Waals surface area contributed by atoms with E-state index >= 15 is 0 Å². The molecule has 0 fully saturated rings. The first kappa shape index (κ1) is 21.5. The molecule has 1 aliphatic rings. The number of likely N-dealkylation sites (N-methyl/N-ethyl adjacent to an activating group) is 1. The van der Waals surface area contributed by atoms with Gasteiger partial charge in [0.2, 0.25) is 0 Å². The lowest BCUT2D eigenvalue weighted by Crippen LogP contribution is -2.47. The fourth-order valence-electron chi connectivity index (χ4n) is 3.62. The van der Waals surface area contributed by atoms with Crippen LogP contribution in [0.3, 0.4) is 0 Å². The van der Waals surface area contributed by atoms with Crippen LogP contribution in [0.5, 0.6) is 0 Å². The Labute approximate surface area is 163 Å². The first-order valence-corrected chi connectivity index (χ1v) is 9.32.